The second kappa shape index (κ2) is 6.50. The molecule has 0 bridgehead atoms. The van der Waals surface area contributed by atoms with Gasteiger partial charge in [-0.25, -0.2) is 17.5 Å². The van der Waals surface area contributed by atoms with Gasteiger partial charge in [0.15, 0.2) is 0 Å². The molecule has 3 aromatic rings. The molecule has 3 rings (SSSR count). The van der Waals surface area contributed by atoms with E-state index in [9.17, 15) is 12.8 Å². The van der Waals surface area contributed by atoms with Gasteiger partial charge in [-0.2, -0.15) is 5.10 Å². The molecule has 0 saturated carbocycles. The van der Waals surface area contributed by atoms with Gasteiger partial charge in [-0.15, -0.1) is 0 Å². The number of hydrogen-bond donors (Lipinski definition) is 1. The Balaban J connectivity index is 1.83. The van der Waals surface area contributed by atoms with Crippen molar-refractivity contribution in [1.29, 1.82) is 0 Å². The molecule has 8 heteroatoms. The lowest BCUT2D eigenvalue weighted by molar-refractivity contribution is 0.580. The van der Waals surface area contributed by atoms with Crippen LogP contribution < -0.4 is 4.72 Å². The molecule has 0 atom stereocenters. The minimum Gasteiger partial charge on any atom is -0.275 e. The largest absolute Gasteiger partial charge is 0.275 e. The van der Waals surface area contributed by atoms with E-state index in [0.717, 1.165) is 23.3 Å². The summed E-state index contributed by atoms with van der Waals surface area (Å²) in [5, 5.41) is 4.10. The number of benzene rings is 1. The lowest BCUT2D eigenvalue weighted by atomic mass is 10.1. The van der Waals surface area contributed by atoms with Crippen molar-refractivity contribution in [3.8, 4) is 11.3 Å². The number of aryl methyl sites for hydroxylation is 1. The summed E-state index contributed by atoms with van der Waals surface area (Å²) in [5.41, 5.74) is 2.18. The molecule has 2 heterocycles. The molecule has 124 valence electrons. The predicted molar refractivity (Wildman–Crippen MR) is 86.9 cm³/mol. The monoisotopic (exact) mass is 346 g/mol. The summed E-state index contributed by atoms with van der Waals surface area (Å²) in [5.74, 6) is -0.486. The van der Waals surface area contributed by atoms with E-state index in [1.165, 1.54) is 12.1 Å². The minimum absolute atomic E-state index is 0.00992. The smallest absolute Gasteiger partial charge is 0.240 e. The molecular formula is C16H15FN4O2S. The number of hydrogen-bond acceptors (Lipinski definition) is 4. The van der Waals surface area contributed by atoms with E-state index < -0.39 is 15.8 Å². The third-order valence-electron chi connectivity index (χ3n) is 3.45. The summed E-state index contributed by atoms with van der Waals surface area (Å²) in [6.45, 7) is 0.0672. The number of sulfonamides is 1. The summed E-state index contributed by atoms with van der Waals surface area (Å²) in [6.07, 6.45) is 5.11. The summed E-state index contributed by atoms with van der Waals surface area (Å²) in [7, 11) is -1.94. The molecular weight excluding hydrogens is 331 g/mol. The molecule has 24 heavy (non-hydrogen) atoms. The van der Waals surface area contributed by atoms with Gasteiger partial charge in [-0.3, -0.25) is 9.67 Å². The van der Waals surface area contributed by atoms with Crippen LogP contribution in [0.25, 0.3) is 11.3 Å². The lowest BCUT2D eigenvalue weighted by Gasteiger charge is -2.09. The number of halogens is 1. The zero-order valence-electron chi connectivity index (χ0n) is 12.8. The summed E-state index contributed by atoms with van der Waals surface area (Å²) in [6, 6.07) is 8.20. The first-order chi connectivity index (χ1) is 11.5. The van der Waals surface area contributed by atoms with Crippen LogP contribution in [0.2, 0.25) is 0 Å². The zero-order chi connectivity index (χ0) is 17.2. The van der Waals surface area contributed by atoms with Crippen LogP contribution in [0.3, 0.4) is 0 Å². The molecule has 0 spiro atoms. The van der Waals surface area contributed by atoms with E-state index in [1.54, 1.807) is 42.5 Å². The number of nitrogens with zero attached hydrogens (tertiary/aromatic N) is 3. The van der Waals surface area contributed by atoms with Gasteiger partial charge in [0.1, 0.15) is 5.82 Å². The van der Waals surface area contributed by atoms with E-state index in [4.69, 9.17) is 0 Å². The van der Waals surface area contributed by atoms with E-state index in [-0.39, 0.29) is 11.4 Å². The molecule has 0 fully saturated rings. The van der Waals surface area contributed by atoms with Crippen LogP contribution in [0.4, 0.5) is 4.39 Å². The first kappa shape index (κ1) is 16.3. The van der Waals surface area contributed by atoms with E-state index in [0.29, 0.717) is 5.69 Å². The van der Waals surface area contributed by atoms with E-state index in [2.05, 4.69) is 14.8 Å². The molecule has 1 N–H and O–H groups in total. The van der Waals surface area contributed by atoms with Gasteiger partial charge in [-0.05, 0) is 35.9 Å². The fourth-order valence-electron chi connectivity index (χ4n) is 2.25. The molecule has 0 unspecified atom stereocenters. The number of nitrogens with one attached hydrogen (secondary N) is 1. The van der Waals surface area contributed by atoms with Crippen molar-refractivity contribution in [2.75, 3.05) is 0 Å². The van der Waals surface area contributed by atoms with Crippen molar-refractivity contribution in [3.05, 3.63) is 66.4 Å². The number of pyridine rings is 1. The Morgan fingerprint density at radius 2 is 1.96 bits per heavy atom. The Kier molecular flexibility index (Phi) is 4.41. The van der Waals surface area contributed by atoms with Crippen LogP contribution in [0, 0.1) is 5.82 Å². The Morgan fingerprint density at radius 1 is 1.21 bits per heavy atom. The highest BCUT2D eigenvalue weighted by Crippen LogP contribution is 2.21. The standard InChI is InChI=1S/C16H15FN4O2S/c1-21-11-13(9-19-21)16-12(3-2-8-18-16)10-20-24(22,23)15-6-4-14(17)5-7-15/h2-9,11,20H,10H2,1H3. The maximum atomic E-state index is 12.9. The first-order valence-corrected chi connectivity index (χ1v) is 8.62. The average Bonchev–Trinajstić information content (AvgIpc) is 3.00. The topological polar surface area (TPSA) is 76.9 Å². The van der Waals surface area contributed by atoms with Crippen molar-refractivity contribution >= 4 is 10.0 Å². The molecule has 0 aliphatic rings. The van der Waals surface area contributed by atoms with Crippen molar-refractivity contribution in [2.24, 2.45) is 7.05 Å². The highest BCUT2D eigenvalue weighted by atomic mass is 32.2. The number of rotatable bonds is 5. The maximum Gasteiger partial charge on any atom is 0.240 e. The van der Waals surface area contributed by atoms with Crippen molar-refractivity contribution in [2.45, 2.75) is 11.4 Å². The molecule has 0 radical (unpaired) electrons. The summed E-state index contributed by atoms with van der Waals surface area (Å²) < 4.78 is 41.7. The second-order valence-electron chi connectivity index (χ2n) is 5.19. The Morgan fingerprint density at radius 3 is 2.62 bits per heavy atom. The second-order valence-corrected chi connectivity index (χ2v) is 6.96. The molecule has 0 amide bonds. The lowest BCUT2D eigenvalue weighted by Crippen LogP contribution is -2.23. The molecule has 0 aliphatic heterocycles. The summed E-state index contributed by atoms with van der Waals surface area (Å²) in [4.78, 5) is 4.32. The fraction of sp³-hybridized carbons (Fsp3) is 0.125. The Hall–Kier alpha value is -2.58. The van der Waals surface area contributed by atoms with E-state index >= 15 is 0 Å². The van der Waals surface area contributed by atoms with Gasteiger partial charge in [0, 0.05) is 31.5 Å². The highest BCUT2D eigenvalue weighted by Gasteiger charge is 2.15. The maximum absolute atomic E-state index is 12.9. The molecule has 1 aromatic carbocycles. The highest BCUT2D eigenvalue weighted by molar-refractivity contribution is 7.89. The Bertz CT molecular complexity index is 952. The normalized spacial score (nSPS) is 11.6. The van der Waals surface area contributed by atoms with Crippen molar-refractivity contribution in [3.63, 3.8) is 0 Å². The predicted octanol–water partition coefficient (Wildman–Crippen LogP) is 2.10. The van der Waals surface area contributed by atoms with Gasteiger partial charge in [-0.1, -0.05) is 6.07 Å². The molecule has 0 aliphatic carbocycles. The molecule has 2 aromatic heterocycles. The van der Waals surface area contributed by atoms with Crippen LogP contribution in [0.15, 0.2) is 59.9 Å². The van der Waals surface area contributed by atoms with Crippen LogP contribution in [-0.4, -0.2) is 23.2 Å². The van der Waals surface area contributed by atoms with E-state index in [1.807, 2.05) is 0 Å². The Labute approximate surface area is 139 Å². The van der Waals surface area contributed by atoms with Gasteiger partial charge in [0.05, 0.1) is 16.8 Å². The molecule has 6 nitrogen and oxygen atoms in total. The van der Waals surface area contributed by atoms with Crippen LogP contribution in [0.1, 0.15) is 5.56 Å². The van der Waals surface area contributed by atoms with Crippen LogP contribution in [0.5, 0.6) is 0 Å². The van der Waals surface area contributed by atoms with Crippen LogP contribution in [-0.2, 0) is 23.6 Å². The molecule has 0 saturated heterocycles. The SMILES string of the molecule is Cn1cc(-c2ncccc2CNS(=O)(=O)c2ccc(F)cc2)cn1. The van der Waals surface area contributed by atoms with Gasteiger partial charge >= 0.3 is 0 Å². The quantitative estimate of drug-likeness (QED) is 0.767. The zero-order valence-corrected chi connectivity index (χ0v) is 13.7. The third-order valence-corrected chi connectivity index (χ3v) is 4.86. The van der Waals surface area contributed by atoms with Crippen LogP contribution >= 0.6 is 0 Å². The third kappa shape index (κ3) is 3.50. The van der Waals surface area contributed by atoms with Gasteiger partial charge in [0.2, 0.25) is 10.0 Å². The van der Waals surface area contributed by atoms with Gasteiger partial charge in [0.25, 0.3) is 0 Å². The number of aromatic nitrogens is 3. The first-order valence-electron chi connectivity index (χ1n) is 7.14. The van der Waals surface area contributed by atoms with Gasteiger partial charge < -0.3 is 0 Å². The van der Waals surface area contributed by atoms with Crippen molar-refractivity contribution in [1.82, 2.24) is 19.5 Å². The minimum atomic E-state index is -3.73. The summed E-state index contributed by atoms with van der Waals surface area (Å²) >= 11 is 0. The van der Waals surface area contributed by atoms with Crippen molar-refractivity contribution < 1.29 is 12.8 Å². The fourth-order valence-corrected chi connectivity index (χ4v) is 3.26. The average molecular weight is 346 g/mol.